The van der Waals surface area contributed by atoms with E-state index in [9.17, 15) is 31.9 Å². The molecule has 0 saturated heterocycles. The Morgan fingerprint density at radius 2 is 1.76 bits per heavy atom. The fourth-order valence-corrected chi connectivity index (χ4v) is 3.74. The van der Waals surface area contributed by atoms with Crippen LogP contribution in [0.1, 0.15) is 27.0 Å². The molecule has 0 aliphatic heterocycles. The van der Waals surface area contributed by atoms with Gasteiger partial charge in [-0.3, -0.25) is 4.68 Å². The number of carboxylic acid groups (broad SMARTS) is 1. The first kappa shape index (κ1) is 22.3. The zero-order chi connectivity index (χ0) is 24.1. The van der Waals surface area contributed by atoms with E-state index in [4.69, 9.17) is 5.11 Å². The number of aryl methyl sites for hydroxylation is 1. The average molecular weight is 462 g/mol. The molecule has 0 amide bonds. The van der Waals surface area contributed by atoms with Crippen molar-refractivity contribution in [2.45, 2.75) is 19.6 Å². The largest absolute Gasteiger partial charge is 0.507 e. The molecule has 0 aliphatic carbocycles. The molecule has 1 heterocycles. The lowest BCUT2D eigenvalue weighted by Crippen LogP contribution is -2.14. The van der Waals surface area contributed by atoms with Crippen molar-refractivity contribution in [2.75, 3.05) is 0 Å². The van der Waals surface area contributed by atoms with E-state index in [-0.39, 0.29) is 28.7 Å². The van der Waals surface area contributed by atoms with Gasteiger partial charge in [-0.15, -0.1) is 0 Å². The van der Waals surface area contributed by atoms with Crippen LogP contribution in [0, 0.1) is 18.6 Å². The van der Waals surface area contributed by atoms with E-state index in [1.165, 1.54) is 31.2 Å². The van der Waals surface area contributed by atoms with Crippen molar-refractivity contribution in [1.82, 2.24) is 9.78 Å². The molecular weight excluding hydrogens is 447 g/mol. The molecule has 33 heavy (non-hydrogen) atoms. The summed E-state index contributed by atoms with van der Waals surface area (Å²) in [5.41, 5.74) is -1.91. The van der Waals surface area contributed by atoms with Gasteiger partial charge in [0.15, 0.2) is 0 Å². The molecule has 10 heteroatoms. The number of nitrogens with zero attached hydrogens (tertiary/aromatic N) is 2. The van der Waals surface area contributed by atoms with Gasteiger partial charge in [0.05, 0.1) is 23.0 Å². The highest BCUT2D eigenvalue weighted by molar-refractivity contribution is 5.96. The van der Waals surface area contributed by atoms with Gasteiger partial charge in [-0.25, -0.2) is 13.6 Å². The van der Waals surface area contributed by atoms with Gasteiger partial charge in [0.25, 0.3) is 0 Å². The van der Waals surface area contributed by atoms with Gasteiger partial charge < -0.3 is 10.2 Å². The van der Waals surface area contributed by atoms with Gasteiger partial charge in [-0.2, -0.15) is 18.3 Å². The Morgan fingerprint density at radius 1 is 1.06 bits per heavy atom. The van der Waals surface area contributed by atoms with Crippen LogP contribution in [0.4, 0.5) is 22.0 Å². The average Bonchev–Trinajstić information content (AvgIpc) is 3.09. The minimum absolute atomic E-state index is 0.0882. The number of rotatable bonds is 4. The van der Waals surface area contributed by atoms with Crippen LogP contribution in [0.5, 0.6) is 5.75 Å². The number of benzene rings is 3. The molecule has 0 aliphatic rings. The van der Waals surface area contributed by atoms with Crippen LogP contribution in [-0.2, 0) is 12.7 Å². The normalized spacial score (nSPS) is 11.8. The smallest absolute Gasteiger partial charge is 0.416 e. The highest BCUT2D eigenvalue weighted by atomic mass is 19.4. The fourth-order valence-electron chi connectivity index (χ4n) is 3.74. The first-order valence-electron chi connectivity index (χ1n) is 9.56. The van der Waals surface area contributed by atoms with Crippen molar-refractivity contribution < 1.29 is 37.0 Å². The van der Waals surface area contributed by atoms with Crippen molar-refractivity contribution in [3.63, 3.8) is 0 Å². The maximum absolute atomic E-state index is 14.8. The molecule has 170 valence electrons. The number of alkyl halides is 3. The van der Waals surface area contributed by atoms with Gasteiger partial charge in [-0.1, -0.05) is 18.2 Å². The van der Waals surface area contributed by atoms with Gasteiger partial charge in [0, 0.05) is 5.56 Å². The van der Waals surface area contributed by atoms with E-state index in [0.717, 1.165) is 22.9 Å². The standard InChI is InChI=1S/C23H15F5N2O3/c1-11-4-2-5-15(23(26,27)28)14(11)10-30-18-7-3-6-16(24)20(18)21(29-30)12-9-19(31)13(22(32)33)8-17(12)25/h2-9,31H,10H2,1H3,(H,32,33). The second-order valence-electron chi connectivity index (χ2n) is 7.39. The Balaban J connectivity index is 1.95. The van der Waals surface area contributed by atoms with Crippen LogP contribution in [0.25, 0.3) is 22.2 Å². The number of phenols is 1. The zero-order valence-corrected chi connectivity index (χ0v) is 16.9. The number of halogens is 5. The fraction of sp³-hybridized carbons (Fsp3) is 0.130. The van der Waals surface area contributed by atoms with Crippen LogP contribution in [0.15, 0.2) is 48.5 Å². The van der Waals surface area contributed by atoms with Crippen molar-refractivity contribution in [2.24, 2.45) is 0 Å². The molecule has 0 bridgehead atoms. The van der Waals surface area contributed by atoms with Crippen LogP contribution in [0.2, 0.25) is 0 Å². The third-order valence-electron chi connectivity index (χ3n) is 5.32. The summed E-state index contributed by atoms with van der Waals surface area (Å²) in [6.45, 7) is 1.11. The molecular formula is C23H15F5N2O3. The minimum atomic E-state index is -4.64. The number of aromatic hydroxyl groups is 1. The monoisotopic (exact) mass is 462 g/mol. The topological polar surface area (TPSA) is 75.3 Å². The molecule has 2 N–H and O–H groups in total. The maximum atomic E-state index is 14.8. The Labute approximate surface area is 183 Å². The Morgan fingerprint density at radius 3 is 2.42 bits per heavy atom. The predicted octanol–water partition coefficient (Wildman–Crippen LogP) is 5.76. The van der Waals surface area contributed by atoms with Gasteiger partial charge in [0.2, 0.25) is 0 Å². The number of fused-ring (bicyclic) bond motifs is 1. The number of aromatic nitrogens is 2. The first-order valence-corrected chi connectivity index (χ1v) is 9.56. The summed E-state index contributed by atoms with van der Waals surface area (Å²) in [5.74, 6) is -4.24. The lowest BCUT2D eigenvalue weighted by Gasteiger charge is -2.15. The van der Waals surface area contributed by atoms with Crippen molar-refractivity contribution in [3.8, 4) is 17.0 Å². The molecule has 0 radical (unpaired) electrons. The first-order chi connectivity index (χ1) is 15.5. The van der Waals surface area contributed by atoms with E-state index in [1.807, 2.05) is 0 Å². The van der Waals surface area contributed by atoms with Gasteiger partial charge in [-0.05, 0) is 48.4 Å². The Hall–Kier alpha value is -3.95. The maximum Gasteiger partial charge on any atom is 0.416 e. The van der Waals surface area contributed by atoms with Crippen molar-refractivity contribution in [1.29, 1.82) is 0 Å². The SMILES string of the molecule is Cc1cccc(C(F)(F)F)c1Cn1nc(-c2cc(O)c(C(=O)O)cc2F)c2c(F)cccc21. The second kappa shape index (κ2) is 7.88. The van der Waals surface area contributed by atoms with Crippen LogP contribution < -0.4 is 0 Å². The highest BCUT2D eigenvalue weighted by Gasteiger charge is 2.34. The summed E-state index contributed by atoms with van der Waals surface area (Å²) in [5, 5.41) is 23.0. The second-order valence-corrected chi connectivity index (χ2v) is 7.39. The van der Waals surface area contributed by atoms with E-state index >= 15 is 0 Å². The molecule has 0 saturated carbocycles. The molecule has 5 nitrogen and oxygen atoms in total. The molecule has 1 aromatic heterocycles. The third-order valence-corrected chi connectivity index (χ3v) is 5.32. The zero-order valence-electron chi connectivity index (χ0n) is 16.9. The number of hydrogen-bond acceptors (Lipinski definition) is 3. The summed E-state index contributed by atoms with van der Waals surface area (Å²) in [6.07, 6.45) is -4.64. The lowest BCUT2D eigenvalue weighted by molar-refractivity contribution is -0.138. The Kier molecular flexibility index (Phi) is 5.31. The minimum Gasteiger partial charge on any atom is -0.507 e. The molecule has 4 aromatic rings. The highest BCUT2D eigenvalue weighted by Crippen LogP contribution is 2.37. The number of aromatic carboxylic acids is 1. The van der Waals surface area contributed by atoms with E-state index in [2.05, 4.69) is 5.10 Å². The van der Waals surface area contributed by atoms with Crippen LogP contribution >= 0.6 is 0 Å². The summed E-state index contributed by atoms with van der Waals surface area (Å²) >= 11 is 0. The summed E-state index contributed by atoms with van der Waals surface area (Å²) < 4.78 is 71.3. The quantitative estimate of drug-likeness (QED) is 0.378. The van der Waals surface area contributed by atoms with E-state index in [0.29, 0.717) is 11.6 Å². The van der Waals surface area contributed by atoms with Crippen molar-refractivity contribution >= 4 is 16.9 Å². The van der Waals surface area contributed by atoms with E-state index in [1.54, 1.807) is 0 Å². The summed E-state index contributed by atoms with van der Waals surface area (Å²) in [6, 6.07) is 8.91. The number of hydrogen-bond donors (Lipinski definition) is 2. The van der Waals surface area contributed by atoms with Gasteiger partial charge in [0.1, 0.15) is 28.6 Å². The molecule has 0 atom stereocenters. The summed E-state index contributed by atoms with van der Waals surface area (Å²) in [4.78, 5) is 11.1. The van der Waals surface area contributed by atoms with Gasteiger partial charge >= 0.3 is 12.1 Å². The molecule has 3 aromatic carbocycles. The molecule has 4 rings (SSSR count). The van der Waals surface area contributed by atoms with Crippen LogP contribution in [-0.4, -0.2) is 26.0 Å². The molecule has 0 unspecified atom stereocenters. The van der Waals surface area contributed by atoms with E-state index < -0.39 is 46.2 Å². The van der Waals surface area contributed by atoms with Crippen molar-refractivity contribution in [3.05, 3.63) is 82.4 Å². The number of carbonyl (C=O) groups is 1. The van der Waals surface area contributed by atoms with Crippen LogP contribution in [0.3, 0.4) is 0 Å². The Bertz CT molecular complexity index is 1410. The summed E-state index contributed by atoms with van der Waals surface area (Å²) in [7, 11) is 0. The molecule has 0 fully saturated rings. The third kappa shape index (κ3) is 3.88. The molecule has 0 spiro atoms. The number of carboxylic acids is 1. The lowest BCUT2D eigenvalue weighted by atomic mass is 10.0. The predicted molar refractivity (Wildman–Crippen MR) is 109 cm³/mol.